The maximum absolute atomic E-state index is 12.1. The van der Waals surface area contributed by atoms with Gasteiger partial charge in [0.05, 0.1) is 5.25 Å². The monoisotopic (exact) mass is 298 g/mol. The highest BCUT2D eigenvalue weighted by atomic mass is 32.2. The molecule has 20 heavy (non-hydrogen) atoms. The van der Waals surface area contributed by atoms with Gasteiger partial charge in [-0.25, -0.2) is 13.4 Å². The number of piperazine rings is 1. The largest absolute Gasteiger partial charge is 0.349 e. The molecule has 7 nitrogen and oxygen atoms in total. The molecule has 1 saturated heterocycles. The average Bonchev–Trinajstić information content (AvgIpc) is 3.27. The van der Waals surface area contributed by atoms with Crippen molar-refractivity contribution in [1.82, 2.24) is 13.9 Å². The van der Waals surface area contributed by atoms with Crippen LogP contribution in [0.4, 0.5) is 5.82 Å². The molecule has 8 heteroatoms. The zero-order valence-electron chi connectivity index (χ0n) is 11.4. The quantitative estimate of drug-likeness (QED) is 0.744. The van der Waals surface area contributed by atoms with Crippen LogP contribution in [0.2, 0.25) is 0 Å². The van der Waals surface area contributed by atoms with Crippen LogP contribution in [-0.4, -0.2) is 53.7 Å². The summed E-state index contributed by atoms with van der Waals surface area (Å²) in [4.78, 5) is 18.0. The Morgan fingerprint density at radius 1 is 1.20 bits per heavy atom. The standard InChI is InChI=1S/C12H18N4O3S/c1-14-5-4-13-11(12(14)17)15-6-8-16(9-7-15)20(18,19)10-2-3-10/h4-5,10H,2-3,6-9H2,1H3. The number of rotatable bonds is 3. The first-order chi connectivity index (χ1) is 9.50. The Bertz CT molecular complexity index is 658. The highest BCUT2D eigenvalue weighted by Gasteiger charge is 2.41. The maximum Gasteiger partial charge on any atom is 0.293 e. The molecular formula is C12H18N4O3S. The van der Waals surface area contributed by atoms with Crippen LogP contribution in [0.15, 0.2) is 17.2 Å². The summed E-state index contributed by atoms with van der Waals surface area (Å²) >= 11 is 0. The lowest BCUT2D eigenvalue weighted by atomic mass is 10.3. The van der Waals surface area contributed by atoms with Crippen molar-refractivity contribution < 1.29 is 8.42 Å². The first-order valence-corrected chi connectivity index (χ1v) is 8.26. The van der Waals surface area contributed by atoms with E-state index in [0.29, 0.717) is 32.0 Å². The summed E-state index contributed by atoms with van der Waals surface area (Å²) in [5, 5.41) is -0.170. The molecule has 1 saturated carbocycles. The van der Waals surface area contributed by atoms with Gasteiger partial charge in [0.1, 0.15) is 0 Å². The summed E-state index contributed by atoms with van der Waals surface area (Å²) in [5.74, 6) is 0.401. The van der Waals surface area contributed by atoms with Crippen molar-refractivity contribution in [3.05, 3.63) is 22.7 Å². The van der Waals surface area contributed by atoms with Crippen LogP contribution >= 0.6 is 0 Å². The van der Waals surface area contributed by atoms with E-state index in [4.69, 9.17) is 0 Å². The molecule has 0 amide bonds. The van der Waals surface area contributed by atoms with Gasteiger partial charge in [0.25, 0.3) is 5.56 Å². The van der Waals surface area contributed by atoms with Gasteiger partial charge in [-0.05, 0) is 12.8 Å². The average molecular weight is 298 g/mol. The molecule has 1 aliphatic heterocycles. The van der Waals surface area contributed by atoms with Crippen molar-refractivity contribution >= 4 is 15.8 Å². The van der Waals surface area contributed by atoms with Crippen LogP contribution in [0.25, 0.3) is 0 Å². The van der Waals surface area contributed by atoms with Gasteiger partial charge in [0.15, 0.2) is 5.82 Å². The third kappa shape index (κ3) is 2.33. The Kier molecular flexibility index (Phi) is 3.29. The molecule has 0 atom stereocenters. The fourth-order valence-electron chi connectivity index (χ4n) is 2.43. The van der Waals surface area contributed by atoms with Gasteiger partial charge in [-0.15, -0.1) is 0 Å². The minimum Gasteiger partial charge on any atom is -0.349 e. The topological polar surface area (TPSA) is 75.5 Å². The lowest BCUT2D eigenvalue weighted by molar-refractivity contribution is 0.382. The molecule has 0 bridgehead atoms. The first-order valence-electron chi connectivity index (χ1n) is 6.75. The molecule has 2 heterocycles. The molecular weight excluding hydrogens is 280 g/mol. The van der Waals surface area contributed by atoms with E-state index in [2.05, 4.69) is 4.98 Å². The van der Waals surface area contributed by atoms with E-state index in [1.54, 1.807) is 23.7 Å². The van der Waals surface area contributed by atoms with E-state index >= 15 is 0 Å². The summed E-state index contributed by atoms with van der Waals surface area (Å²) in [6.07, 6.45) is 4.76. The highest BCUT2D eigenvalue weighted by molar-refractivity contribution is 7.90. The van der Waals surface area contributed by atoms with E-state index < -0.39 is 10.0 Å². The van der Waals surface area contributed by atoms with E-state index in [0.717, 1.165) is 12.8 Å². The van der Waals surface area contributed by atoms with Crippen LogP contribution in [0, 0.1) is 0 Å². The third-order valence-electron chi connectivity index (χ3n) is 3.84. The van der Waals surface area contributed by atoms with Gasteiger partial charge in [0, 0.05) is 45.6 Å². The lowest BCUT2D eigenvalue weighted by Gasteiger charge is -2.34. The molecule has 2 fully saturated rings. The summed E-state index contributed by atoms with van der Waals surface area (Å²) < 4.78 is 27.3. The second kappa shape index (κ2) is 4.85. The van der Waals surface area contributed by atoms with Gasteiger partial charge in [-0.1, -0.05) is 0 Å². The number of aromatic nitrogens is 2. The van der Waals surface area contributed by atoms with E-state index in [-0.39, 0.29) is 10.8 Å². The van der Waals surface area contributed by atoms with Gasteiger partial charge in [-0.2, -0.15) is 4.31 Å². The Hall–Kier alpha value is -1.41. The fourth-order valence-corrected chi connectivity index (χ4v) is 4.26. The van der Waals surface area contributed by atoms with Crippen molar-refractivity contribution in [3.8, 4) is 0 Å². The maximum atomic E-state index is 12.1. The second-order valence-corrected chi connectivity index (χ2v) is 7.51. The molecule has 110 valence electrons. The van der Waals surface area contributed by atoms with Crippen molar-refractivity contribution in [2.75, 3.05) is 31.1 Å². The lowest BCUT2D eigenvalue weighted by Crippen LogP contribution is -2.51. The molecule has 0 radical (unpaired) electrons. The van der Waals surface area contributed by atoms with Gasteiger partial charge >= 0.3 is 0 Å². The predicted molar refractivity (Wildman–Crippen MR) is 75.2 cm³/mol. The Morgan fingerprint density at radius 2 is 1.85 bits per heavy atom. The van der Waals surface area contributed by atoms with E-state index in [9.17, 15) is 13.2 Å². The summed E-state index contributed by atoms with van der Waals surface area (Å²) in [7, 11) is -1.43. The second-order valence-electron chi connectivity index (χ2n) is 5.30. The number of nitrogens with zero attached hydrogens (tertiary/aromatic N) is 4. The Morgan fingerprint density at radius 3 is 2.45 bits per heavy atom. The number of anilines is 1. The van der Waals surface area contributed by atoms with E-state index in [1.165, 1.54) is 4.57 Å². The SMILES string of the molecule is Cn1ccnc(N2CCN(S(=O)(=O)C3CC3)CC2)c1=O. The summed E-state index contributed by atoms with van der Waals surface area (Å²) in [6, 6.07) is 0. The fraction of sp³-hybridized carbons (Fsp3) is 0.667. The normalized spacial score (nSPS) is 21.1. The Balaban J connectivity index is 1.73. The van der Waals surface area contributed by atoms with E-state index in [1.807, 2.05) is 4.90 Å². The number of sulfonamides is 1. The van der Waals surface area contributed by atoms with Crippen molar-refractivity contribution in [1.29, 1.82) is 0 Å². The van der Waals surface area contributed by atoms with Crippen LogP contribution < -0.4 is 10.5 Å². The zero-order valence-corrected chi connectivity index (χ0v) is 12.2. The molecule has 2 aliphatic rings. The Labute approximate surface area is 117 Å². The summed E-state index contributed by atoms with van der Waals surface area (Å²) in [5.41, 5.74) is -0.147. The summed E-state index contributed by atoms with van der Waals surface area (Å²) in [6.45, 7) is 1.88. The third-order valence-corrected chi connectivity index (χ3v) is 6.24. The van der Waals surface area contributed by atoms with Crippen LogP contribution in [0.1, 0.15) is 12.8 Å². The van der Waals surface area contributed by atoms with Crippen LogP contribution in [0.3, 0.4) is 0 Å². The molecule has 0 spiro atoms. The van der Waals surface area contributed by atoms with Gasteiger partial charge in [0.2, 0.25) is 10.0 Å². The van der Waals surface area contributed by atoms with Crippen molar-refractivity contribution in [3.63, 3.8) is 0 Å². The number of hydrogen-bond acceptors (Lipinski definition) is 5. The van der Waals surface area contributed by atoms with Crippen molar-refractivity contribution in [2.24, 2.45) is 7.05 Å². The molecule has 3 rings (SSSR count). The number of aryl methyl sites for hydroxylation is 1. The minimum atomic E-state index is -3.11. The smallest absolute Gasteiger partial charge is 0.293 e. The van der Waals surface area contributed by atoms with Crippen LogP contribution in [0.5, 0.6) is 0 Å². The minimum absolute atomic E-state index is 0.147. The van der Waals surface area contributed by atoms with Crippen molar-refractivity contribution in [2.45, 2.75) is 18.1 Å². The molecule has 0 aromatic carbocycles. The zero-order chi connectivity index (χ0) is 14.3. The molecule has 1 aromatic rings. The molecule has 0 N–H and O–H groups in total. The number of hydrogen-bond donors (Lipinski definition) is 0. The first kappa shape index (κ1) is 13.6. The molecule has 1 aliphatic carbocycles. The van der Waals surface area contributed by atoms with Crippen LogP contribution in [-0.2, 0) is 17.1 Å². The van der Waals surface area contributed by atoms with Gasteiger partial charge in [-0.3, -0.25) is 4.79 Å². The highest BCUT2D eigenvalue weighted by Crippen LogP contribution is 2.31. The van der Waals surface area contributed by atoms with Gasteiger partial charge < -0.3 is 9.47 Å². The molecule has 1 aromatic heterocycles. The predicted octanol–water partition coefficient (Wildman–Crippen LogP) is -0.605. The molecule has 0 unspecified atom stereocenters.